The monoisotopic (exact) mass is 561 g/mol. The molecule has 0 spiro atoms. The van der Waals surface area contributed by atoms with E-state index in [9.17, 15) is 22.4 Å². The molecule has 0 aromatic carbocycles. The van der Waals surface area contributed by atoms with E-state index in [1.54, 1.807) is 6.92 Å². The van der Waals surface area contributed by atoms with Crippen LogP contribution in [0.15, 0.2) is 17.3 Å². The summed E-state index contributed by atoms with van der Waals surface area (Å²) in [4.78, 5) is 20.1. The van der Waals surface area contributed by atoms with Gasteiger partial charge in [-0.05, 0) is 63.5 Å². The Morgan fingerprint density at radius 1 is 1.29 bits per heavy atom. The summed E-state index contributed by atoms with van der Waals surface area (Å²) in [7, 11) is 0. The van der Waals surface area contributed by atoms with Crippen LogP contribution in [0.4, 0.5) is 17.6 Å². The fourth-order valence-corrected chi connectivity index (χ4v) is 5.79. The minimum Gasteiger partial charge on any atom is -0.458 e. The van der Waals surface area contributed by atoms with Gasteiger partial charge in [0.15, 0.2) is 12.9 Å². The number of hydrazone groups is 1. The van der Waals surface area contributed by atoms with Gasteiger partial charge < -0.3 is 15.0 Å². The number of alkyl halides is 4. The van der Waals surface area contributed by atoms with Crippen LogP contribution < -0.4 is 10.1 Å². The average Bonchev–Trinajstić information content (AvgIpc) is 3.19. The van der Waals surface area contributed by atoms with Gasteiger partial charge in [0.2, 0.25) is 5.91 Å². The molecule has 0 saturated heterocycles. The molecule has 2 heterocycles. The first-order valence-corrected chi connectivity index (χ1v) is 14.2. The highest BCUT2D eigenvalue weighted by Gasteiger charge is 2.27. The molecule has 0 radical (unpaired) electrons. The SMILES string of the molecule is C=C(/C=N\N(CC)CF)CC(=O)NC1CCC(CCN2CCc3nc(OC(CF)C(F)F)sc3CC2)CC1. The zero-order chi connectivity index (χ0) is 27.5. The number of ether oxygens (including phenoxy) is 1. The van der Waals surface area contributed by atoms with Crippen LogP contribution in [0.3, 0.4) is 0 Å². The van der Waals surface area contributed by atoms with Gasteiger partial charge in [-0.3, -0.25) is 9.80 Å². The second-order valence-corrected chi connectivity index (χ2v) is 11.0. The number of aromatic nitrogens is 1. The fourth-order valence-electron chi connectivity index (χ4n) is 4.79. The number of thiazole rings is 1. The lowest BCUT2D eigenvalue weighted by Crippen LogP contribution is -2.38. The van der Waals surface area contributed by atoms with Gasteiger partial charge in [-0.1, -0.05) is 17.9 Å². The van der Waals surface area contributed by atoms with E-state index in [1.165, 1.54) is 22.6 Å². The maximum atomic E-state index is 12.8. The summed E-state index contributed by atoms with van der Waals surface area (Å²) in [6, 6.07) is 0.167. The molecular weight excluding hydrogens is 522 g/mol. The predicted molar refractivity (Wildman–Crippen MR) is 141 cm³/mol. The van der Waals surface area contributed by atoms with E-state index < -0.39 is 26.0 Å². The lowest BCUT2D eigenvalue weighted by Gasteiger charge is -2.30. The number of carbonyl (C=O) groups is 1. The minimum atomic E-state index is -2.88. The lowest BCUT2D eigenvalue weighted by molar-refractivity contribution is -0.121. The third-order valence-electron chi connectivity index (χ3n) is 7.12. The maximum absolute atomic E-state index is 12.8. The topological polar surface area (TPSA) is 70.1 Å². The fraction of sp³-hybridized carbons (Fsp3) is 0.731. The van der Waals surface area contributed by atoms with Crippen molar-refractivity contribution in [1.29, 1.82) is 0 Å². The highest BCUT2D eigenvalue weighted by molar-refractivity contribution is 7.13. The van der Waals surface area contributed by atoms with Gasteiger partial charge in [0, 0.05) is 37.0 Å². The van der Waals surface area contributed by atoms with Crippen LogP contribution in [0, 0.1) is 5.92 Å². The van der Waals surface area contributed by atoms with Crippen LogP contribution >= 0.6 is 11.3 Å². The number of hydrogen-bond acceptors (Lipinski definition) is 7. The second kappa shape index (κ2) is 15.4. The van der Waals surface area contributed by atoms with Crippen molar-refractivity contribution < 1.29 is 27.1 Å². The molecule has 3 rings (SSSR count). The third kappa shape index (κ3) is 9.52. The smallest absolute Gasteiger partial charge is 0.277 e. The Hall–Kier alpha value is -2.21. The zero-order valence-electron chi connectivity index (χ0n) is 22.0. The van der Waals surface area contributed by atoms with Crippen molar-refractivity contribution in [3.05, 3.63) is 22.7 Å². The standard InChI is InChI=1S/C26H39F4N5O2S/c1-3-35(17-28)31-16-18(2)14-24(36)32-20-6-4-19(5-7-20)8-11-34-12-9-21-23(10-13-34)38-26(33-21)37-22(15-27)25(29)30/h16,19-20,22,25H,2-15,17H2,1H3,(H,32,36)/b31-16-. The van der Waals surface area contributed by atoms with Gasteiger partial charge in [-0.15, -0.1) is 0 Å². The summed E-state index contributed by atoms with van der Waals surface area (Å²) < 4.78 is 56.1. The molecule has 214 valence electrons. The molecule has 1 aliphatic heterocycles. The molecular formula is C26H39F4N5O2S. The van der Waals surface area contributed by atoms with Gasteiger partial charge >= 0.3 is 0 Å². The van der Waals surface area contributed by atoms with Gasteiger partial charge in [-0.2, -0.15) is 5.10 Å². The number of nitrogens with zero attached hydrogens (tertiary/aromatic N) is 4. The molecule has 1 saturated carbocycles. The Bertz CT molecular complexity index is 894. The molecule has 1 unspecified atom stereocenters. The van der Waals surface area contributed by atoms with Crippen molar-refractivity contribution in [2.45, 2.75) is 76.9 Å². The van der Waals surface area contributed by atoms with Crippen LogP contribution in [0.2, 0.25) is 0 Å². The third-order valence-corrected chi connectivity index (χ3v) is 8.17. The van der Waals surface area contributed by atoms with Crippen molar-refractivity contribution in [2.75, 3.05) is 39.7 Å². The summed E-state index contributed by atoms with van der Waals surface area (Å²) in [6.45, 7) is 6.87. The van der Waals surface area contributed by atoms with E-state index in [2.05, 4.69) is 26.9 Å². The summed E-state index contributed by atoms with van der Waals surface area (Å²) >= 11 is 1.25. The maximum Gasteiger partial charge on any atom is 0.277 e. The van der Waals surface area contributed by atoms with Crippen LogP contribution in [0.5, 0.6) is 5.19 Å². The van der Waals surface area contributed by atoms with E-state index in [0.717, 1.165) is 75.2 Å². The number of halogens is 4. The van der Waals surface area contributed by atoms with Gasteiger partial charge in [-0.25, -0.2) is 22.5 Å². The van der Waals surface area contributed by atoms with Crippen LogP contribution in [0.1, 0.15) is 56.0 Å². The number of rotatable bonds is 14. The number of amides is 1. The molecule has 1 aromatic heterocycles. The van der Waals surface area contributed by atoms with Crippen LogP contribution in [0.25, 0.3) is 0 Å². The number of fused-ring (bicyclic) bond motifs is 1. The molecule has 12 heteroatoms. The molecule has 1 N–H and O–H groups in total. The average molecular weight is 562 g/mol. The lowest BCUT2D eigenvalue weighted by atomic mass is 9.84. The Kier molecular flexibility index (Phi) is 12.3. The summed E-state index contributed by atoms with van der Waals surface area (Å²) in [5.74, 6) is 0.537. The number of hydrogen-bond donors (Lipinski definition) is 1. The van der Waals surface area contributed by atoms with Gasteiger partial charge in [0.25, 0.3) is 11.6 Å². The Morgan fingerprint density at radius 2 is 2.03 bits per heavy atom. The number of carbonyl (C=O) groups excluding carboxylic acids is 1. The molecule has 7 nitrogen and oxygen atoms in total. The molecule has 1 amide bonds. The number of nitrogens with one attached hydrogen (secondary N) is 1. The first kappa shape index (κ1) is 30.3. The molecule has 38 heavy (non-hydrogen) atoms. The van der Waals surface area contributed by atoms with Crippen LogP contribution in [-0.2, 0) is 17.6 Å². The summed E-state index contributed by atoms with van der Waals surface area (Å²) in [5, 5.41) is 8.45. The summed E-state index contributed by atoms with van der Waals surface area (Å²) in [5.41, 5.74) is 1.42. The molecule has 0 bridgehead atoms. The van der Waals surface area contributed by atoms with Crippen molar-refractivity contribution >= 4 is 23.5 Å². The normalized spacial score (nSPS) is 21.2. The second-order valence-electron chi connectivity index (χ2n) is 9.93. The van der Waals surface area contributed by atoms with Gasteiger partial charge in [0.05, 0.1) is 18.3 Å². The molecule has 1 fully saturated rings. The van der Waals surface area contributed by atoms with E-state index >= 15 is 0 Å². The predicted octanol–water partition coefficient (Wildman–Crippen LogP) is 4.77. The largest absolute Gasteiger partial charge is 0.458 e. The Balaban J connectivity index is 1.33. The summed E-state index contributed by atoms with van der Waals surface area (Å²) in [6.07, 6.45) is 3.60. The molecule has 1 atom stereocenters. The Morgan fingerprint density at radius 3 is 2.68 bits per heavy atom. The van der Waals surface area contributed by atoms with Crippen molar-refractivity contribution in [3.8, 4) is 5.19 Å². The molecule has 1 aromatic rings. The van der Waals surface area contributed by atoms with Gasteiger partial charge in [0.1, 0.15) is 6.67 Å². The molecule has 2 aliphatic rings. The highest BCUT2D eigenvalue weighted by atomic mass is 32.1. The van der Waals surface area contributed by atoms with E-state index in [4.69, 9.17) is 4.74 Å². The highest BCUT2D eigenvalue weighted by Crippen LogP contribution is 2.31. The first-order valence-electron chi connectivity index (χ1n) is 13.3. The van der Waals surface area contributed by atoms with Crippen molar-refractivity contribution in [3.63, 3.8) is 0 Å². The van der Waals surface area contributed by atoms with Crippen LogP contribution in [-0.4, -0.2) is 85.2 Å². The van der Waals surface area contributed by atoms with E-state index in [-0.39, 0.29) is 23.6 Å². The van der Waals surface area contributed by atoms with Crippen molar-refractivity contribution in [1.82, 2.24) is 20.2 Å². The molecule has 1 aliphatic carbocycles. The van der Waals surface area contributed by atoms with E-state index in [1.807, 2.05) is 0 Å². The quantitative estimate of drug-likeness (QED) is 0.153. The van der Waals surface area contributed by atoms with E-state index in [0.29, 0.717) is 18.0 Å². The zero-order valence-corrected chi connectivity index (χ0v) is 22.8. The van der Waals surface area contributed by atoms with Crippen molar-refractivity contribution in [2.24, 2.45) is 11.0 Å². The minimum absolute atomic E-state index is 0.0816. The first-order chi connectivity index (χ1) is 18.3. The Labute approximate surface area is 226 Å².